The van der Waals surface area contributed by atoms with Gasteiger partial charge in [-0.3, -0.25) is 4.79 Å². The smallest absolute Gasteiger partial charge is 0.406 e. The second-order valence-corrected chi connectivity index (χ2v) is 8.42. The maximum Gasteiger partial charge on any atom is 0.573 e. The van der Waals surface area contributed by atoms with E-state index in [4.69, 9.17) is 0 Å². The van der Waals surface area contributed by atoms with Gasteiger partial charge in [0.1, 0.15) is 23.5 Å². The Morgan fingerprint density at radius 1 is 1.00 bits per heavy atom. The zero-order valence-electron chi connectivity index (χ0n) is 19.3. The number of nitrogens with zero attached hydrogens (tertiary/aromatic N) is 4. The first-order valence-electron chi connectivity index (χ1n) is 11.3. The summed E-state index contributed by atoms with van der Waals surface area (Å²) in [7, 11) is 0. The third-order valence-electron chi connectivity index (χ3n) is 5.91. The molecular weight excluding hydrogens is 473 g/mol. The molecule has 0 bridgehead atoms. The first-order valence-corrected chi connectivity index (χ1v) is 11.3. The number of aromatic nitrogens is 3. The highest BCUT2D eigenvalue weighted by Crippen LogP contribution is 2.31. The summed E-state index contributed by atoms with van der Waals surface area (Å²) < 4.78 is 41.2. The molecule has 2 aromatic heterocycles. The molecule has 0 atom stereocenters. The van der Waals surface area contributed by atoms with Crippen LogP contribution < -0.4 is 19.9 Å². The molecular formula is C25H23F3N6O2. The molecule has 4 aromatic rings. The zero-order valence-corrected chi connectivity index (χ0v) is 19.3. The lowest BCUT2D eigenvalue weighted by Crippen LogP contribution is -2.46. The Balaban J connectivity index is 1.31. The lowest BCUT2D eigenvalue weighted by Gasteiger charge is -2.36. The number of H-pyrrole nitrogens is 1. The van der Waals surface area contributed by atoms with Crippen LogP contribution in [-0.4, -0.2) is 53.4 Å². The van der Waals surface area contributed by atoms with E-state index in [1.165, 1.54) is 25.4 Å². The number of alkyl halides is 3. The average molecular weight is 496 g/mol. The van der Waals surface area contributed by atoms with Crippen molar-refractivity contribution in [2.24, 2.45) is 0 Å². The summed E-state index contributed by atoms with van der Waals surface area (Å²) in [4.78, 5) is 27.9. The molecule has 186 valence electrons. The van der Waals surface area contributed by atoms with Crippen LogP contribution in [0.2, 0.25) is 0 Å². The number of hydrogen-bond donors (Lipinski definition) is 2. The van der Waals surface area contributed by atoms with Crippen LogP contribution in [0.5, 0.6) is 5.75 Å². The van der Waals surface area contributed by atoms with Crippen molar-refractivity contribution in [3.8, 4) is 17.0 Å². The zero-order chi connectivity index (χ0) is 25.3. The SMILES string of the molecule is CC(=O)Nc1cccc(-c2cc3c(N4CCN(c5ccc(OC(F)(F)F)cc5)CC4)ncnc3[nH]2)c1. The van der Waals surface area contributed by atoms with E-state index >= 15 is 0 Å². The largest absolute Gasteiger partial charge is 0.573 e. The monoisotopic (exact) mass is 496 g/mol. The molecule has 0 spiro atoms. The number of carbonyl (C=O) groups excluding carboxylic acids is 1. The summed E-state index contributed by atoms with van der Waals surface area (Å²) >= 11 is 0. The van der Waals surface area contributed by atoms with E-state index in [-0.39, 0.29) is 11.7 Å². The fourth-order valence-electron chi connectivity index (χ4n) is 4.34. The van der Waals surface area contributed by atoms with Gasteiger partial charge in [0.15, 0.2) is 0 Å². The maximum absolute atomic E-state index is 12.4. The lowest BCUT2D eigenvalue weighted by atomic mass is 10.1. The van der Waals surface area contributed by atoms with Gasteiger partial charge < -0.3 is 24.8 Å². The van der Waals surface area contributed by atoms with Gasteiger partial charge >= 0.3 is 6.36 Å². The number of anilines is 3. The number of hydrogen-bond acceptors (Lipinski definition) is 6. The normalized spacial score (nSPS) is 14.2. The molecule has 11 heteroatoms. The first kappa shape index (κ1) is 23.5. The van der Waals surface area contributed by atoms with Gasteiger partial charge in [-0.1, -0.05) is 12.1 Å². The van der Waals surface area contributed by atoms with Crippen molar-refractivity contribution in [1.29, 1.82) is 0 Å². The second-order valence-electron chi connectivity index (χ2n) is 8.42. The molecule has 2 N–H and O–H groups in total. The van der Waals surface area contributed by atoms with Crippen LogP contribution in [0.1, 0.15) is 6.92 Å². The third kappa shape index (κ3) is 5.19. The summed E-state index contributed by atoms with van der Waals surface area (Å²) in [6.07, 6.45) is -3.18. The number of carbonyl (C=O) groups is 1. The van der Waals surface area contributed by atoms with Crippen LogP contribution in [0.3, 0.4) is 0 Å². The Morgan fingerprint density at radius 3 is 2.42 bits per heavy atom. The van der Waals surface area contributed by atoms with Crippen molar-refractivity contribution >= 4 is 34.1 Å². The molecule has 1 saturated heterocycles. The molecule has 1 amide bonds. The number of halogens is 3. The van der Waals surface area contributed by atoms with E-state index in [0.717, 1.165) is 28.1 Å². The minimum Gasteiger partial charge on any atom is -0.406 e. The molecule has 0 unspecified atom stereocenters. The molecule has 1 aliphatic rings. The first-order chi connectivity index (χ1) is 17.2. The maximum atomic E-state index is 12.4. The predicted molar refractivity (Wildman–Crippen MR) is 131 cm³/mol. The fraction of sp³-hybridized carbons (Fsp3) is 0.240. The summed E-state index contributed by atoms with van der Waals surface area (Å²) in [5.41, 5.74) is 4.02. The van der Waals surface area contributed by atoms with Gasteiger partial charge in [0.05, 0.1) is 5.39 Å². The van der Waals surface area contributed by atoms with Crippen LogP contribution >= 0.6 is 0 Å². The van der Waals surface area contributed by atoms with Crippen molar-refractivity contribution in [3.63, 3.8) is 0 Å². The number of piperazine rings is 1. The molecule has 2 aromatic carbocycles. The fourth-order valence-corrected chi connectivity index (χ4v) is 4.34. The minimum atomic E-state index is -4.71. The van der Waals surface area contributed by atoms with E-state index < -0.39 is 6.36 Å². The number of aromatic amines is 1. The van der Waals surface area contributed by atoms with Crippen LogP contribution in [0.4, 0.5) is 30.4 Å². The Labute approximate surface area is 204 Å². The molecule has 0 saturated carbocycles. The highest BCUT2D eigenvalue weighted by Gasteiger charge is 2.31. The third-order valence-corrected chi connectivity index (χ3v) is 5.91. The van der Waals surface area contributed by atoms with Crippen LogP contribution in [0, 0.1) is 0 Å². The van der Waals surface area contributed by atoms with Gasteiger partial charge in [-0.15, -0.1) is 13.2 Å². The summed E-state index contributed by atoms with van der Waals surface area (Å²) in [6, 6.07) is 15.5. The van der Waals surface area contributed by atoms with E-state index in [0.29, 0.717) is 37.5 Å². The quantitative estimate of drug-likeness (QED) is 0.413. The highest BCUT2D eigenvalue weighted by atomic mass is 19.4. The van der Waals surface area contributed by atoms with E-state index in [9.17, 15) is 18.0 Å². The van der Waals surface area contributed by atoms with Crippen LogP contribution in [-0.2, 0) is 4.79 Å². The number of rotatable bonds is 5. The van der Waals surface area contributed by atoms with Crippen LogP contribution in [0.15, 0.2) is 60.9 Å². The summed E-state index contributed by atoms with van der Waals surface area (Å²) in [5.74, 6) is 0.440. The number of nitrogens with one attached hydrogen (secondary N) is 2. The van der Waals surface area contributed by atoms with Gasteiger partial charge in [0.25, 0.3) is 0 Å². The van der Waals surface area contributed by atoms with Crippen molar-refractivity contribution in [1.82, 2.24) is 15.0 Å². The number of benzene rings is 2. The molecule has 8 nitrogen and oxygen atoms in total. The highest BCUT2D eigenvalue weighted by molar-refractivity contribution is 5.93. The van der Waals surface area contributed by atoms with Crippen molar-refractivity contribution in [2.75, 3.05) is 41.3 Å². The minimum absolute atomic E-state index is 0.137. The molecule has 1 aliphatic heterocycles. The summed E-state index contributed by atoms with van der Waals surface area (Å²) in [5, 5.41) is 3.68. The van der Waals surface area contributed by atoms with E-state index in [2.05, 4.69) is 34.8 Å². The Hall–Kier alpha value is -4.28. The van der Waals surface area contributed by atoms with Crippen molar-refractivity contribution in [2.45, 2.75) is 13.3 Å². The summed E-state index contributed by atoms with van der Waals surface area (Å²) in [6.45, 7) is 4.20. The molecule has 36 heavy (non-hydrogen) atoms. The predicted octanol–water partition coefficient (Wildman–Crippen LogP) is 4.81. The topological polar surface area (TPSA) is 86.4 Å². The van der Waals surface area contributed by atoms with Gasteiger partial charge in [-0.05, 0) is 42.5 Å². The van der Waals surface area contributed by atoms with Crippen molar-refractivity contribution in [3.05, 3.63) is 60.9 Å². The molecule has 0 radical (unpaired) electrons. The lowest BCUT2D eigenvalue weighted by molar-refractivity contribution is -0.274. The standard InChI is InChI=1S/C25H23F3N6O2/c1-16(35)31-18-4-2-3-17(13-18)22-14-21-23(32-22)29-15-30-24(21)34-11-9-33(10-12-34)19-5-7-20(8-6-19)36-25(26,27)28/h2-8,13-15H,9-12H2,1H3,(H,31,35)(H,29,30,32). The number of fused-ring (bicyclic) bond motifs is 1. The molecule has 1 fully saturated rings. The Bertz CT molecular complexity index is 1380. The number of amides is 1. The van der Waals surface area contributed by atoms with Gasteiger partial charge in [0, 0.05) is 55.7 Å². The second kappa shape index (κ2) is 9.40. The van der Waals surface area contributed by atoms with Gasteiger partial charge in [-0.2, -0.15) is 0 Å². The average Bonchev–Trinajstić information content (AvgIpc) is 3.28. The van der Waals surface area contributed by atoms with Gasteiger partial charge in [-0.25, -0.2) is 9.97 Å². The Morgan fingerprint density at radius 2 is 1.72 bits per heavy atom. The Kier molecular flexibility index (Phi) is 6.13. The number of ether oxygens (including phenoxy) is 1. The van der Waals surface area contributed by atoms with Crippen molar-refractivity contribution < 1.29 is 22.7 Å². The van der Waals surface area contributed by atoms with E-state index in [1.54, 1.807) is 12.1 Å². The van der Waals surface area contributed by atoms with E-state index in [1.807, 2.05) is 30.3 Å². The molecule has 3 heterocycles. The van der Waals surface area contributed by atoms with Gasteiger partial charge in [0.2, 0.25) is 5.91 Å². The molecule has 0 aliphatic carbocycles. The van der Waals surface area contributed by atoms with Crippen LogP contribution in [0.25, 0.3) is 22.3 Å². The molecule has 5 rings (SSSR count).